The summed E-state index contributed by atoms with van der Waals surface area (Å²) >= 11 is 0. The van der Waals surface area contributed by atoms with E-state index in [0.29, 0.717) is 0 Å². The van der Waals surface area contributed by atoms with Crippen LogP contribution in [0.5, 0.6) is 0 Å². The minimum atomic E-state index is -1.74. The maximum absolute atomic E-state index is 12.7. The zero-order valence-corrected chi connectivity index (χ0v) is 21.9. The smallest absolute Gasteiger partial charge is 0.187 e. The Morgan fingerprint density at radius 2 is 1.43 bits per heavy atom. The first-order valence-corrected chi connectivity index (χ1v) is 13.3. The molecule has 0 amide bonds. The van der Waals surface area contributed by atoms with Gasteiger partial charge in [-0.15, -0.1) is 0 Å². The molecular weight excluding hydrogens is 540 g/mol. The number of Topliss-reactive ketones (excluding diaryl/α,β-unsaturated/α-hetero) is 1. The highest BCUT2D eigenvalue weighted by molar-refractivity contribution is 5.83. The number of rotatable bonds is 11. The van der Waals surface area contributed by atoms with E-state index in [0.717, 1.165) is 0 Å². The fourth-order valence-electron chi connectivity index (χ4n) is 5.38. The van der Waals surface area contributed by atoms with Crippen LogP contribution < -0.4 is 22.9 Å². The minimum Gasteiger partial charge on any atom is -0.394 e. The summed E-state index contributed by atoms with van der Waals surface area (Å²) in [6.07, 6.45) is -19.5. The van der Waals surface area contributed by atoms with E-state index in [1.165, 1.54) is 0 Å². The van der Waals surface area contributed by atoms with Crippen molar-refractivity contribution in [3.8, 4) is 0 Å². The number of hydrogen-bond acceptors (Lipinski definition) is 17. The molecule has 0 aromatic carbocycles. The van der Waals surface area contributed by atoms with Gasteiger partial charge in [0.1, 0.15) is 61.0 Å². The average molecular weight is 585 g/mol. The third kappa shape index (κ3) is 7.14. The molecule has 1 saturated carbocycles. The highest BCUT2D eigenvalue weighted by Gasteiger charge is 2.52. The molecule has 2 aliphatic heterocycles. The van der Waals surface area contributed by atoms with Gasteiger partial charge in [0.05, 0.1) is 18.8 Å². The van der Waals surface area contributed by atoms with Gasteiger partial charge in [-0.1, -0.05) is 0 Å². The first-order valence-electron chi connectivity index (χ1n) is 13.3. The first kappa shape index (κ1) is 33.5. The maximum atomic E-state index is 12.7. The van der Waals surface area contributed by atoms with Crippen molar-refractivity contribution in [3.63, 3.8) is 0 Å². The fraction of sp³-hybridized carbons (Fsp3) is 0.957. The Kier molecular flexibility index (Phi) is 12.1. The summed E-state index contributed by atoms with van der Waals surface area (Å²) in [6, 6.07) is -2.27. The van der Waals surface area contributed by atoms with Crippen molar-refractivity contribution in [2.45, 2.75) is 111 Å². The topological polar surface area (TPSA) is 320 Å². The van der Waals surface area contributed by atoms with Gasteiger partial charge in [0.25, 0.3) is 0 Å². The number of ether oxygens (including phenoxy) is 4. The van der Waals surface area contributed by atoms with Gasteiger partial charge >= 0.3 is 0 Å². The molecule has 40 heavy (non-hydrogen) atoms. The molecule has 2 heterocycles. The number of aliphatic hydroxyl groups excluding tert-OH is 8. The van der Waals surface area contributed by atoms with Crippen molar-refractivity contribution in [3.05, 3.63) is 0 Å². The third-order valence-electron chi connectivity index (χ3n) is 7.83. The third-order valence-corrected chi connectivity index (χ3v) is 7.83. The maximum Gasteiger partial charge on any atom is 0.187 e. The molecule has 0 bridgehead atoms. The SMILES string of the molecule is NCC[C@H](O)C(=O)CC1C[C@H](N)[C@@H](O[C@H]2O[C@H](CN)[C@@H](O)C(O)[C@H]2O)[C@H](O)[C@H]1O[C@H]1O[C@H](CO)[C@@H](O)[C@H](N)[C@H]1O. The molecule has 16 atom stereocenters. The van der Waals surface area contributed by atoms with Crippen LogP contribution in [0, 0.1) is 5.92 Å². The molecule has 0 aromatic heterocycles. The van der Waals surface area contributed by atoms with Crippen LogP contribution in [0.4, 0.5) is 0 Å². The number of nitrogens with two attached hydrogens (primary N) is 4. The Hall–Kier alpha value is -0.970. The van der Waals surface area contributed by atoms with Gasteiger partial charge in [0.15, 0.2) is 18.4 Å². The van der Waals surface area contributed by atoms with Crippen LogP contribution in [0.1, 0.15) is 19.3 Å². The van der Waals surface area contributed by atoms with Crippen LogP contribution in [0.3, 0.4) is 0 Å². The Labute approximate surface area is 230 Å². The fourth-order valence-corrected chi connectivity index (χ4v) is 5.38. The van der Waals surface area contributed by atoms with Crippen LogP contribution in [0.2, 0.25) is 0 Å². The number of ketones is 1. The van der Waals surface area contributed by atoms with Crippen molar-refractivity contribution in [1.82, 2.24) is 0 Å². The van der Waals surface area contributed by atoms with E-state index in [-0.39, 0.29) is 32.4 Å². The van der Waals surface area contributed by atoms with Gasteiger partial charge in [-0.3, -0.25) is 4.79 Å². The van der Waals surface area contributed by atoms with Gasteiger partial charge in [0.2, 0.25) is 0 Å². The molecule has 2 unspecified atom stereocenters. The second-order valence-electron chi connectivity index (χ2n) is 10.6. The summed E-state index contributed by atoms with van der Waals surface area (Å²) < 4.78 is 22.6. The average Bonchev–Trinajstić information content (AvgIpc) is 2.92. The van der Waals surface area contributed by atoms with Crippen LogP contribution in [-0.2, 0) is 23.7 Å². The molecule has 3 fully saturated rings. The monoisotopic (exact) mass is 584 g/mol. The van der Waals surface area contributed by atoms with Crippen LogP contribution in [-0.4, -0.2) is 158 Å². The molecule has 0 aromatic rings. The van der Waals surface area contributed by atoms with E-state index in [9.17, 15) is 45.6 Å². The van der Waals surface area contributed by atoms with E-state index in [2.05, 4.69) is 0 Å². The lowest BCUT2D eigenvalue weighted by atomic mass is 9.76. The van der Waals surface area contributed by atoms with Gasteiger partial charge in [-0.25, -0.2) is 0 Å². The van der Waals surface area contributed by atoms with Crippen molar-refractivity contribution in [2.24, 2.45) is 28.9 Å². The summed E-state index contributed by atoms with van der Waals surface area (Å²) in [5.41, 5.74) is 23.2. The van der Waals surface area contributed by atoms with Crippen LogP contribution in [0.25, 0.3) is 0 Å². The number of carbonyl (C=O) groups is 1. The van der Waals surface area contributed by atoms with Gasteiger partial charge in [-0.2, -0.15) is 0 Å². The van der Waals surface area contributed by atoms with Crippen molar-refractivity contribution < 1.29 is 64.6 Å². The molecule has 0 spiro atoms. The summed E-state index contributed by atoms with van der Waals surface area (Å²) in [4.78, 5) is 12.7. The van der Waals surface area contributed by atoms with Gasteiger partial charge < -0.3 is 82.7 Å². The largest absolute Gasteiger partial charge is 0.394 e. The standard InChI is InChI=1S/C23H44N4O13/c24-2-1-9(29)10(30)4-7-3-8(26)21(40-23-18(35)17(34)15(32)11(5-25)37-23)19(36)20(7)39-22-16(33)13(27)14(31)12(6-28)38-22/h7-9,11-23,28-29,31-36H,1-6,24-27H2/t7?,8-,9-,11+,12+,13-,14+,15+,16+,17?,18+,19+,20-,21+,22+,23+/m0/s1. The second-order valence-corrected chi connectivity index (χ2v) is 10.6. The van der Waals surface area contributed by atoms with E-state index in [1.54, 1.807) is 0 Å². The highest BCUT2D eigenvalue weighted by Crippen LogP contribution is 2.36. The highest BCUT2D eigenvalue weighted by atomic mass is 16.7. The molecular formula is C23H44N4O13. The Bertz CT molecular complexity index is 813. The predicted molar refractivity (Wildman–Crippen MR) is 133 cm³/mol. The normalized spacial score (nSPS) is 47.1. The quantitative estimate of drug-likeness (QED) is 0.107. The van der Waals surface area contributed by atoms with Crippen molar-refractivity contribution >= 4 is 5.78 Å². The Morgan fingerprint density at radius 1 is 0.825 bits per heavy atom. The van der Waals surface area contributed by atoms with E-state index in [1.807, 2.05) is 0 Å². The Balaban J connectivity index is 1.85. The van der Waals surface area contributed by atoms with Crippen molar-refractivity contribution in [2.75, 3.05) is 19.7 Å². The molecule has 3 aliphatic rings. The number of carbonyl (C=O) groups excluding carboxylic acids is 1. The molecule has 234 valence electrons. The lowest BCUT2D eigenvalue weighted by Crippen LogP contribution is -2.66. The molecule has 3 rings (SSSR count). The molecule has 17 nitrogen and oxygen atoms in total. The summed E-state index contributed by atoms with van der Waals surface area (Å²) in [5.74, 6) is -1.44. The molecule has 1 aliphatic carbocycles. The van der Waals surface area contributed by atoms with Gasteiger partial charge in [0, 0.05) is 19.0 Å². The van der Waals surface area contributed by atoms with E-state index >= 15 is 0 Å². The molecule has 0 radical (unpaired) electrons. The molecule has 17 heteroatoms. The second kappa shape index (κ2) is 14.5. The zero-order valence-electron chi connectivity index (χ0n) is 21.9. The first-order chi connectivity index (χ1) is 18.9. The predicted octanol–water partition coefficient (Wildman–Crippen LogP) is -7.33. The molecule has 16 N–H and O–H groups in total. The Morgan fingerprint density at radius 3 is 2.02 bits per heavy atom. The van der Waals surface area contributed by atoms with E-state index in [4.69, 9.17) is 41.9 Å². The van der Waals surface area contributed by atoms with Gasteiger partial charge in [-0.05, 0) is 25.3 Å². The van der Waals surface area contributed by atoms with Crippen LogP contribution in [0.15, 0.2) is 0 Å². The van der Waals surface area contributed by atoms with E-state index < -0.39 is 110 Å². The lowest BCUT2D eigenvalue weighted by molar-refractivity contribution is -0.335. The lowest BCUT2D eigenvalue weighted by Gasteiger charge is -2.48. The minimum absolute atomic E-state index is 0.000186. The number of aliphatic hydroxyl groups is 8. The summed E-state index contributed by atoms with van der Waals surface area (Å²) in [7, 11) is 0. The van der Waals surface area contributed by atoms with Crippen LogP contribution >= 0.6 is 0 Å². The summed E-state index contributed by atoms with van der Waals surface area (Å²) in [6.45, 7) is -0.833. The summed E-state index contributed by atoms with van der Waals surface area (Å²) in [5, 5.41) is 82.5. The molecule has 2 saturated heterocycles. The zero-order chi connectivity index (χ0) is 29.9. The number of hydrogen-bond donors (Lipinski definition) is 12. The van der Waals surface area contributed by atoms with Crippen molar-refractivity contribution in [1.29, 1.82) is 0 Å².